The molecule has 0 atom stereocenters. The summed E-state index contributed by atoms with van der Waals surface area (Å²) in [4.78, 5) is 2.56. The maximum Gasteiger partial charge on any atom is 0.0726 e. The van der Waals surface area contributed by atoms with Crippen molar-refractivity contribution in [3.63, 3.8) is 0 Å². The lowest BCUT2D eigenvalue weighted by Crippen LogP contribution is -2.26. The summed E-state index contributed by atoms with van der Waals surface area (Å²) in [6.07, 6.45) is 6.57. The van der Waals surface area contributed by atoms with Crippen LogP contribution in [-0.4, -0.2) is 0 Å². The summed E-state index contributed by atoms with van der Waals surface area (Å²) in [6.45, 7) is 4.78. The Morgan fingerprint density at radius 2 is 0.873 bits per heavy atom. The van der Waals surface area contributed by atoms with Crippen LogP contribution < -0.4 is 4.90 Å². The molecule has 0 heterocycles. The molecule has 4 aliphatic rings. The minimum absolute atomic E-state index is 0.139. The third kappa shape index (κ3) is 5.17. The van der Waals surface area contributed by atoms with E-state index in [1.807, 2.05) is 0 Å². The summed E-state index contributed by atoms with van der Waals surface area (Å²) in [5.74, 6) is 0.614. The molecule has 0 amide bonds. The third-order valence-corrected chi connectivity index (χ3v) is 15.5. The van der Waals surface area contributed by atoms with Gasteiger partial charge < -0.3 is 4.90 Å². The van der Waals surface area contributed by atoms with Crippen LogP contribution in [0.3, 0.4) is 0 Å². The minimum Gasteiger partial charge on any atom is -0.310 e. The molecular formula is C62H49N. The largest absolute Gasteiger partial charge is 0.310 e. The van der Waals surface area contributed by atoms with Gasteiger partial charge in [0.1, 0.15) is 0 Å². The van der Waals surface area contributed by atoms with Crippen LogP contribution in [0.25, 0.3) is 55.3 Å². The second kappa shape index (κ2) is 13.8. The molecule has 1 heteroatoms. The Hall–Kier alpha value is -6.96. The van der Waals surface area contributed by atoms with E-state index in [1.54, 1.807) is 0 Å². The van der Waals surface area contributed by atoms with Crippen molar-refractivity contribution in [3.8, 4) is 44.5 Å². The second-order valence-corrected chi connectivity index (χ2v) is 19.0. The van der Waals surface area contributed by atoms with E-state index in [0.717, 1.165) is 5.69 Å². The maximum atomic E-state index is 2.64. The van der Waals surface area contributed by atoms with Crippen molar-refractivity contribution in [2.45, 2.75) is 62.7 Å². The van der Waals surface area contributed by atoms with Gasteiger partial charge in [-0.25, -0.2) is 0 Å². The molecule has 302 valence electrons. The first-order chi connectivity index (χ1) is 31.0. The summed E-state index contributed by atoms with van der Waals surface area (Å²) in [5.41, 5.74) is 23.3. The van der Waals surface area contributed by atoms with E-state index in [2.05, 4.69) is 213 Å². The highest BCUT2D eigenvalue weighted by Gasteiger charge is 2.52. The van der Waals surface area contributed by atoms with Crippen LogP contribution in [0.5, 0.6) is 0 Å². The topological polar surface area (TPSA) is 3.24 Å². The molecule has 0 radical (unpaired) electrons. The van der Waals surface area contributed by atoms with E-state index in [0.29, 0.717) is 5.92 Å². The third-order valence-electron chi connectivity index (χ3n) is 15.5. The molecule has 63 heavy (non-hydrogen) atoms. The molecule has 13 rings (SSSR count). The van der Waals surface area contributed by atoms with Crippen LogP contribution in [0.15, 0.2) is 194 Å². The van der Waals surface area contributed by atoms with E-state index in [4.69, 9.17) is 0 Å². The Labute approximate surface area is 371 Å². The highest BCUT2D eigenvalue weighted by molar-refractivity contribution is 6.02. The summed E-state index contributed by atoms with van der Waals surface area (Å²) >= 11 is 0. The number of para-hydroxylation sites is 1. The van der Waals surface area contributed by atoms with Gasteiger partial charge in [-0.1, -0.05) is 197 Å². The van der Waals surface area contributed by atoms with Crippen molar-refractivity contribution in [1.29, 1.82) is 0 Å². The highest BCUT2D eigenvalue weighted by atomic mass is 15.1. The predicted octanol–water partition coefficient (Wildman–Crippen LogP) is 16.7. The monoisotopic (exact) mass is 807 g/mol. The van der Waals surface area contributed by atoms with Crippen molar-refractivity contribution in [1.82, 2.24) is 0 Å². The van der Waals surface area contributed by atoms with Gasteiger partial charge in [0.05, 0.1) is 11.1 Å². The standard InChI is InChI=1S/C62H49N/c1-61(2)54-27-12-8-22-47(54)50-35-32-43(38-57(50)61)63(60-30-15-11-25-53(60)46-26-16-20-41-19-6-7-21-45(41)46)44-33-36-52-51-34-31-42(40-17-4-3-5-18-40)37-58(51)62(59(52)39-44)55-28-13-9-23-48(55)49-24-10-14-29-56(49)62/h6-16,19-40H,3-5,17-18H2,1-2H3. The number of nitrogens with zero attached hydrogens (tertiary/aromatic N) is 1. The fourth-order valence-electron chi connectivity index (χ4n) is 12.6. The lowest BCUT2D eigenvalue weighted by molar-refractivity contribution is 0.443. The molecule has 9 aromatic carbocycles. The molecule has 0 unspecified atom stereocenters. The van der Waals surface area contributed by atoms with Crippen molar-refractivity contribution in [2.24, 2.45) is 0 Å². The van der Waals surface area contributed by atoms with Gasteiger partial charge >= 0.3 is 0 Å². The van der Waals surface area contributed by atoms with Gasteiger partial charge in [-0.05, 0) is 138 Å². The van der Waals surface area contributed by atoms with Crippen LogP contribution in [0.1, 0.15) is 90.8 Å². The normalized spacial score (nSPS) is 16.0. The van der Waals surface area contributed by atoms with Crippen LogP contribution in [0, 0.1) is 0 Å². The Bertz CT molecular complexity index is 3270. The van der Waals surface area contributed by atoms with E-state index in [9.17, 15) is 0 Å². The SMILES string of the molecule is CC1(C)c2ccccc2-c2ccc(N(c3ccc4c(c3)C3(c5ccccc5-c5ccccc53)c3cc(C5CCCCC5)ccc3-4)c3ccccc3-c3cccc4ccccc34)cc21. The predicted molar refractivity (Wildman–Crippen MR) is 264 cm³/mol. The molecule has 1 nitrogen and oxygen atoms in total. The fraction of sp³-hybridized carbons (Fsp3) is 0.161. The molecular weight excluding hydrogens is 759 g/mol. The number of benzene rings is 9. The number of rotatable bonds is 5. The smallest absolute Gasteiger partial charge is 0.0726 e. The first-order valence-corrected chi connectivity index (χ1v) is 23.1. The van der Waals surface area contributed by atoms with Crippen LogP contribution in [0.2, 0.25) is 0 Å². The molecule has 0 aliphatic heterocycles. The molecule has 1 saturated carbocycles. The van der Waals surface area contributed by atoms with Gasteiger partial charge in [0.2, 0.25) is 0 Å². The molecule has 0 bridgehead atoms. The van der Waals surface area contributed by atoms with Gasteiger partial charge in [-0.3, -0.25) is 0 Å². The summed E-state index contributed by atoms with van der Waals surface area (Å²) < 4.78 is 0. The molecule has 1 fully saturated rings. The average molecular weight is 808 g/mol. The number of hydrogen-bond donors (Lipinski definition) is 0. The average Bonchev–Trinajstić information content (AvgIpc) is 3.90. The van der Waals surface area contributed by atoms with Crippen molar-refractivity contribution < 1.29 is 0 Å². The number of fused-ring (bicyclic) bond motifs is 14. The van der Waals surface area contributed by atoms with Gasteiger partial charge in [0.15, 0.2) is 0 Å². The zero-order chi connectivity index (χ0) is 41.9. The van der Waals surface area contributed by atoms with Gasteiger partial charge in [-0.2, -0.15) is 0 Å². The summed E-state index contributed by atoms with van der Waals surface area (Å²) in [5, 5.41) is 2.51. The van der Waals surface area contributed by atoms with Crippen LogP contribution in [-0.2, 0) is 10.8 Å². The Morgan fingerprint density at radius 1 is 0.381 bits per heavy atom. The molecule has 0 saturated heterocycles. The second-order valence-electron chi connectivity index (χ2n) is 19.0. The summed E-state index contributed by atoms with van der Waals surface area (Å²) in [7, 11) is 0. The molecule has 4 aliphatic carbocycles. The zero-order valence-electron chi connectivity index (χ0n) is 36.0. The van der Waals surface area contributed by atoms with E-state index in [-0.39, 0.29) is 5.41 Å². The number of anilines is 3. The molecule has 9 aromatic rings. The molecule has 0 aromatic heterocycles. The Balaban J connectivity index is 1.08. The lowest BCUT2D eigenvalue weighted by Gasteiger charge is -2.33. The first-order valence-electron chi connectivity index (χ1n) is 23.1. The van der Waals surface area contributed by atoms with E-state index >= 15 is 0 Å². The highest BCUT2D eigenvalue weighted by Crippen LogP contribution is 2.64. The Morgan fingerprint density at radius 3 is 1.59 bits per heavy atom. The molecule has 0 N–H and O–H groups in total. The van der Waals surface area contributed by atoms with Gasteiger partial charge in [0.25, 0.3) is 0 Å². The minimum atomic E-state index is -0.444. The lowest BCUT2D eigenvalue weighted by atomic mass is 9.69. The van der Waals surface area contributed by atoms with Gasteiger partial charge in [0, 0.05) is 22.4 Å². The van der Waals surface area contributed by atoms with Crippen LogP contribution >= 0.6 is 0 Å². The number of hydrogen-bond acceptors (Lipinski definition) is 1. The summed E-state index contributed by atoms with van der Waals surface area (Å²) in [6, 6.07) is 74.3. The van der Waals surface area contributed by atoms with Crippen LogP contribution in [0.4, 0.5) is 17.1 Å². The Kier molecular flexibility index (Phi) is 8.02. The quantitative estimate of drug-likeness (QED) is 0.167. The fourth-order valence-corrected chi connectivity index (χ4v) is 12.6. The van der Waals surface area contributed by atoms with Crippen molar-refractivity contribution >= 4 is 27.8 Å². The van der Waals surface area contributed by atoms with E-state index < -0.39 is 5.41 Å². The zero-order valence-corrected chi connectivity index (χ0v) is 36.0. The van der Waals surface area contributed by atoms with Crippen molar-refractivity contribution in [3.05, 3.63) is 233 Å². The first kappa shape index (κ1) is 36.7. The van der Waals surface area contributed by atoms with E-state index in [1.165, 1.54) is 138 Å². The molecule has 1 spiro atoms. The van der Waals surface area contributed by atoms with Crippen molar-refractivity contribution in [2.75, 3.05) is 4.90 Å². The van der Waals surface area contributed by atoms with Gasteiger partial charge in [-0.15, -0.1) is 0 Å². The maximum absolute atomic E-state index is 2.64.